The molecule has 1 aromatic heterocycles. The first kappa shape index (κ1) is 20.1. The highest BCUT2D eigenvalue weighted by Crippen LogP contribution is 2.24. The maximum atomic E-state index is 13.7. The van der Waals surface area contributed by atoms with Crippen LogP contribution in [0.2, 0.25) is 0 Å². The van der Waals surface area contributed by atoms with E-state index in [4.69, 9.17) is 14.8 Å². The Morgan fingerprint density at radius 3 is 2.40 bits per heavy atom. The molecule has 0 unspecified atom stereocenters. The number of hydrogen-bond donors (Lipinski definition) is 2. The molecule has 30 heavy (non-hydrogen) atoms. The van der Waals surface area contributed by atoms with E-state index in [0.29, 0.717) is 11.3 Å². The van der Waals surface area contributed by atoms with E-state index in [1.54, 1.807) is 36.4 Å². The van der Waals surface area contributed by atoms with E-state index in [0.717, 1.165) is 6.07 Å². The zero-order chi connectivity index (χ0) is 21.7. The number of carboxylic acid groups (broad SMARTS) is 1. The van der Waals surface area contributed by atoms with Gasteiger partial charge < -0.3 is 14.8 Å². The molecule has 0 atom stereocenters. The lowest BCUT2D eigenvalue weighted by molar-refractivity contribution is -0.112. The third-order valence-corrected chi connectivity index (χ3v) is 4.04. The second-order valence-corrected chi connectivity index (χ2v) is 6.01. The predicted molar refractivity (Wildman–Crippen MR) is 104 cm³/mol. The Morgan fingerprint density at radius 2 is 1.80 bits per heavy atom. The van der Waals surface area contributed by atoms with Crippen LogP contribution in [-0.2, 0) is 4.79 Å². The highest BCUT2D eigenvalue weighted by Gasteiger charge is 2.13. The van der Waals surface area contributed by atoms with Gasteiger partial charge in [0, 0.05) is 17.3 Å². The number of carbonyl (C=O) groups is 2. The first-order valence-corrected chi connectivity index (χ1v) is 8.47. The Hall–Kier alpha value is -4.69. The molecule has 0 saturated carbocycles. The van der Waals surface area contributed by atoms with Crippen LogP contribution in [0, 0.1) is 28.5 Å². The van der Waals surface area contributed by atoms with Crippen molar-refractivity contribution in [3.63, 3.8) is 0 Å². The molecule has 0 bridgehead atoms. The molecule has 146 valence electrons. The number of anilines is 1. The Morgan fingerprint density at radius 1 is 1.07 bits per heavy atom. The summed E-state index contributed by atoms with van der Waals surface area (Å²) in [6.45, 7) is 0. The van der Waals surface area contributed by atoms with Crippen molar-refractivity contribution in [3.8, 4) is 23.5 Å². The van der Waals surface area contributed by atoms with Crippen LogP contribution in [0.25, 0.3) is 17.4 Å². The van der Waals surface area contributed by atoms with Crippen LogP contribution in [0.5, 0.6) is 0 Å². The number of aromatic carboxylic acids is 1. The molecule has 0 fully saturated rings. The largest absolute Gasteiger partial charge is 0.478 e. The number of carboxylic acids is 1. The molecule has 1 heterocycles. The van der Waals surface area contributed by atoms with Gasteiger partial charge in [-0.15, -0.1) is 0 Å². The molecule has 1 amide bonds. The standard InChI is InChI=1S/C22H12FN3O4/c23-19-10-17(6-5-15(19)11-24)26-21(27)16(12-25)9-18-7-8-20(30-18)13-1-3-14(4-2-13)22(28)29/h1-10H,(H,26,27)(H,28,29). The van der Waals surface area contributed by atoms with Gasteiger partial charge in [-0.05, 0) is 42.5 Å². The monoisotopic (exact) mass is 401 g/mol. The van der Waals surface area contributed by atoms with Crippen LogP contribution in [0.15, 0.2) is 64.6 Å². The molecule has 0 radical (unpaired) electrons. The summed E-state index contributed by atoms with van der Waals surface area (Å²) in [5.41, 5.74) is 0.408. The third kappa shape index (κ3) is 4.41. The smallest absolute Gasteiger partial charge is 0.335 e. The zero-order valence-corrected chi connectivity index (χ0v) is 15.2. The fourth-order valence-corrected chi connectivity index (χ4v) is 2.54. The van der Waals surface area contributed by atoms with Crippen LogP contribution < -0.4 is 5.32 Å². The number of rotatable bonds is 5. The fourth-order valence-electron chi connectivity index (χ4n) is 2.54. The zero-order valence-electron chi connectivity index (χ0n) is 15.2. The van der Waals surface area contributed by atoms with Gasteiger partial charge in [0.25, 0.3) is 5.91 Å². The molecule has 0 aliphatic carbocycles. The van der Waals surface area contributed by atoms with Gasteiger partial charge in [-0.2, -0.15) is 10.5 Å². The SMILES string of the molecule is N#CC(=Cc1ccc(-c2ccc(C(=O)O)cc2)o1)C(=O)Nc1ccc(C#N)c(F)c1. The van der Waals surface area contributed by atoms with Gasteiger partial charge in [-0.25, -0.2) is 9.18 Å². The molecule has 0 saturated heterocycles. The fraction of sp³-hybridized carbons (Fsp3) is 0. The first-order valence-electron chi connectivity index (χ1n) is 8.47. The van der Waals surface area contributed by atoms with Crippen molar-refractivity contribution < 1.29 is 23.5 Å². The van der Waals surface area contributed by atoms with Crippen molar-refractivity contribution in [2.45, 2.75) is 0 Å². The second-order valence-electron chi connectivity index (χ2n) is 6.01. The average molecular weight is 401 g/mol. The minimum Gasteiger partial charge on any atom is -0.478 e. The lowest BCUT2D eigenvalue weighted by Gasteiger charge is -2.04. The number of halogens is 1. The number of carbonyl (C=O) groups excluding carboxylic acids is 1. The Labute approximate surface area is 169 Å². The summed E-state index contributed by atoms with van der Waals surface area (Å²) < 4.78 is 19.3. The van der Waals surface area contributed by atoms with Crippen molar-refractivity contribution in [1.82, 2.24) is 0 Å². The minimum atomic E-state index is -1.04. The van der Waals surface area contributed by atoms with Gasteiger partial charge in [0.05, 0.1) is 11.1 Å². The van der Waals surface area contributed by atoms with Crippen molar-refractivity contribution in [3.05, 3.63) is 82.9 Å². The van der Waals surface area contributed by atoms with Crippen LogP contribution in [0.1, 0.15) is 21.7 Å². The highest BCUT2D eigenvalue weighted by atomic mass is 19.1. The van der Waals surface area contributed by atoms with E-state index < -0.39 is 17.7 Å². The molecule has 0 aliphatic rings. The van der Waals surface area contributed by atoms with Crippen molar-refractivity contribution in [1.29, 1.82) is 10.5 Å². The summed E-state index contributed by atoms with van der Waals surface area (Å²) in [6, 6.07) is 16.2. The first-order chi connectivity index (χ1) is 14.4. The molecule has 2 aromatic carbocycles. The van der Waals surface area contributed by atoms with Gasteiger partial charge in [0.1, 0.15) is 35.0 Å². The summed E-state index contributed by atoms with van der Waals surface area (Å²) in [7, 11) is 0. The number of furan rings is 1. The molecule has 8 heteroatoms. The lowest BCUT2D eigenvalue weighted by atomic mass is 10.1. The van der Waals surface area contributed by atoms with Gasteiger partial charge in [0.2, 0.25) is 0 Å². The summed E-state index contributed by atoms with van der Waals surface area (Å²) in [4.78, 5) is 23.2. The van der Waals surface area contributed by atoms with E-state index in [-0.39, 0.29) is 28.1 Å². The second kappa shape index (κ2) is 8.55. The van der Waals surface area contributed by atoms with Gasteiger partial charge >= 0.3 is 5.97 Å². The molecule has 2 N–H and O–H groups in total. The van der Waals surface area contributed by atoms with Crippen molar-refractivity contribution in [2.75, 3.05) is 5.32 Å². The number of nitriles is 2. The average Bonchev–Trinajstić information content (AvgIpc) is 3.20. The van der Waals surface area contributed by atoms with E-state index in [1.165, 1.54) is 30.3 Å². The van der Waals surface area contributed by atoms with Crippen molar-refractivity contribution >= 4 is 23.6 Å². The molecule has 0 spiro atoms. The highest BCUT2D eigenvalue weighted by molar-refractivity contribution is 6.09. The molecular formula is C22H12FN3O4. The quantitative estimate of drug-likeness (QED) is 0.487. The molecule has 3 aromatic rings. The number of nitrogens with zero attached hydrogens (tertiary/aromatic N) is 2. The van der Waals surface area contributed by atoms with Crippen LogP contribution in [0.4, 0.5) is 10.1 Å². The predicted octanol–water partition coefficient (Wildman–Crippen LogP) is 4.20. The number of nitrogens with one attached hydrogen (secondary N) is 1. The molecule has 0 aliphatic heterocycles. The van der Waals surface area contributed by atoms with Gasteiger partial charge in [-0.3, -0.25) is 4.79 Å². The van der Waals surface area contributed by atoms with E-state index in [9.17, 15) is 19.2 Å². The molecule has 3 rings (SSSR count). The van der Waals surface area contributed by atoms with Crippen LogP contribution in [0.3, 0.4) is 0 Å². The Balaban J connectivity index is 1.78. The molecule has 7 nitrogen and oxygen atoms in total. The maximum Gasteiger partial charge on any atom is 0.335 e. The van der Waals surface area contributed by atoms with E-state index in [2.05, 4.69) is 5.32 Å². The van der Waals surface area contributed by atoms with E-state index >= 15 is 0 Å². The maximum absolute atomic E-state index is 13.7. The van der Waals surface area contributed by atoms with E-state index in [1.807, 2.05) is 0 Å². The van der Waals surface area contributed by atoms with Gasteiger partial charge in [-0.1, -0.05) is 12.1 Å². The third-order valence-electron chi connectivity index (χ3n) is 4.04. The lowest BCUT2D eigenvalue weighted by Crippen LogP contribution is -2.13. The normalized spacial score (nSPS) is 10.7. The van der Waals surface area contributed by atoms with Gasteiger partial charge in [0.15, 0.2) is 0 Å². The van der Waals surface area contributed by atoms with Crippen LogP contribution >= 0.6 is 0 Å². The van der Waals surface area contributed by atoms with Crippen molar-refractivity contribution in [2.24, 2.45) is 0 Å². The molecular weight excluding hydrogens is 389 g/mol. The summed E-state index contributed by atoms with van der Waals surface area (Å²) in [5, 5.41) is 29.3. The number of hydrogen-bond acceptors (Lipinski definition) is 5. The summed E-state index contributed by atoms with van der Waals surface area (Å²) in [6.07, 6.45) is 1.23. The number of amides is 1. The Bertz CT molecular complexity index is 1240. The number of benzene rings is 2. The van der Waals surface area contributed by atoms with Crippen LogP contribution in [-0.4, -0.2) is 17.0 Å². The topological polar surface area (TPSA) is 127 Å². The summed E-state index contributed by atoms with van der Waals surface area (Å²) in [5.74, 6) is -1.96. The minimum absolute atomic E-state index is 0.0938. The Kier molecular flexibility index (Phi) is 5.71. The summed E-state index contributed by atoms with van der Waals surface area (Å²) >= 11 is 0.